The van der Waals surface area contributed by atoms with Crippen molar-refractivity contribution in [3.63, 3.8) is 0 Å². The summed E-state index contributed by atoms with van der Waals surface area (Å²) in [6.07, 6.45) is 0. The molecule has 0 bridgehead atoms. The van der Waals surface area contributed by atoms with Gasteiger partial charge in [-0.3, -0.25) is 0 Å². The number of para-hydroxylation sites is 3. The minimum absolute atomic E-state index is 0.635. The first kappa shape index (κ1) is 30.3. The molecule has 0 amide bonds. The molecule has 0 atom stereocenters. The van der Waals surface area contributed by atoms with Crippen molar-refractivity contribution in [1.82, 2.24) is 24.1 Å². The minimum atomic E-state index is 0.635. The summed E-state index contributed by atoms with van der Waals surface area (Å²) in [5.74, 6) is 1.93. The zero-order valence-corrected chi connectivity index (χ0v) is 29.1. The van der Waals surface area contributed by atoms with Crippen LogP contribution in [0.1, 0.15) is 0 Å². The molecule has 0 aliphatic heterocycles. The molecule has 0 aliphatic rings. The van der Waals surface area contributed by atoms with Crippen molar-refractivity contribution < 1.29 is 0 Å². The molecule has 0 radical (unpaired) electrons. The van der Waals surface area contributed by atoms with Gasteiger partial charge in [0.25, 0.3) is 0 Å². The van der Waals surface area contributed by atoms with E-state index in [1.165, 1.54) is 48.9 Å². The highest BCUT2D eigenvalue weighted by molar-refractivity contribution is 6.28. The molecule has 0 aliphatic carbocycles. The molecule has 0 spiro atoms. The normalized spacial score (nSPS) is 11.7. The lowest BCUT2D eigenvalue weighted by Crippen LogP contribution is -2.00. The van der Waals surface area contributed by atoms with Gasteiger partial charge in [-0.05, 0) is 53.9 Å². The van der Waals surface area contributed by atoms with Gasteiger partial charge in [0.05, 0.1) is 22.1 Å². The number of hydrogen-bond donors (Lipinski definition) is 0. The van der Waals surface area contributed by atoms with Crippen LogP contribution in [0.5, 0.6) is 0 Å². The van der Waals surface area contributed by atoms with E-state index in [-0.39, 0.29) is 0 Å². The van der Waals surface area contributed by atoms with E-state index >= 15 is 0 Å². The molecule has 0 unspecified atom stereocenters. The molecule has 11 aromatic rings. The number of rotatable bonds is 5. The van der Waals surface area contributed by atoms with Crippen molar-refractivity contribution >= 4 is 54.4 Å². The third kappa shape index (κ3) is 4.69. The van der Waals surface area contributed by atoms with Crippen LogP contribution in [0, 0.1) is 0 Å². The Morgan fingerprint density at radius 3 is 1.17 bits per heavy atom. The van der Waals surface area contributed by atoms with Crippen LogP contribution in [-0.4, -0.2) is 24.1 Å². The first-order valence-corrected chi connectivity index (χ1v) is 18.2. The summed E-state index contributed by atoms with van der Waals surface area (Å²) in [7, 11) is 0. The molecule has 0 saturated heterocycles. The highest BCUT2D eigenvalue weighted by Crippen LogP contribution is 2.43. The fourth-order valence-corrected chi connectivity index (χ4v) is 8.12. The number of aromatic nitrogens is 5. The number of nitrogens with zero attached hydrogens (tertiary/aromatic N) is 5. The molecule has 252 valence electrons. The summed E-state index contributed by atoms with van der Waals surface area (Å²) in [4.78, 5) is 14.9. The van der Waals surface area contributed by atoms with Gasteiger partial charge in [-0.1, -0.05) is 140 Å². The second kappa shape index (κ2) is 12.1. The quantitative estimate of drug-likeness (QED) is 0.181. The van der Waals surface area contributed by atoms with Gasteiger partial charge in [0.1, 0.15) is 0 Å². The van der Waals surface area contributed by atoms with Crippen LogP contribution in [0.25, 0.3) is 99.9 Å². The van der Waals surface area contributed by atoms with Gasteiger partial charge >= 0.3 is 0 Å². The summed E-state index contributed by atoms with van der Waals surface area (Å²) in [5.41, 5.74) is 9.77. The highest BCUT2D eigenvalue weighted by Gasteiger charge is 2.21. The summed E-state index contributed by atoms with van der Waals surface area (Å²) in [6, 6.07) is 66.2. The number of hydrogen-bond acceptors (Lipinski definition) is 3. The highest BCUT2D eigenvalue weighted by atomic mass is 15.0. The summed E-state index contributed by atoms with van der Waals surface area (Å²) < 4.78 is 4.87. The van der Waals surface area contributed by atoms with Crippen LogP contribution in [0.15, 0.2) is 188 Å². The largest absolute Gasteiger partial charge is 0.309 e. The van der Waals surface area contributed by atoms with E-state index in [4.69, 9.17) is 15.0 Å². The minimum Gasteiger partial charge on any atom is -0.309 e. The average molecular weight is 690 g/mol. The molecule has 11 rings (SSSR count). The predicted octanol–water partition coefficient (Wildman–Crippen LogP) is 12.2. The van der Waals surface area contributed by atoms with Gasteiger partial charge in [0, 0.05) is 55.0 Å². The second-order valence-electron chi connectivity index (χ2n) is 13.6. The van der Waals surface area contributed by atoms with Crippen LogP contribution in [0.3, 0.4) is 0 Å². The van der Waals surface area contributed by atoms with Gasteiger partial charge in [-0.25, -0.2) is 15.0 Å². The molecule has 3 heterocycles. The van der Waals surface area contributed by atoms with E-state index in [0.29, 0.717) is 17.5 Å². The van der Waals surface area contributed by atoms with E-state index in [2.05, 4.69) is 137 Å². The van der Waals surface area contributed by atoms with Gasteiger partial charge in [-0.2, -0.15) is 0 Å². The number of fused-ring (bicyclic) bond motifs is 9. The van der Waals surface area contributed by atoms with E-state index in [1.54, 1.807) is 0 Å². The molecular weight excluding hydrogens is 659 g/mol. The molecule has 0 fully saturated rings. The van der Waals surface area contributed by atoms with Crippen LogP contribution in [0.2, 0.25) is 0 Å². The summed E-state index contributed by atoms with van der Waals surface area (Å²) in [6.45, 7) is 0. The number of benzene rings is 8. The van der Waals surface area contributed by atoms with Crippen LogP contribution < -0.4 is 0 Å². The van der Waals surface area contributed by atoms with E-state index < -0.39 is 0 Å². The maximum absolute atomic E-state index is 4.99. The lowest BCUT2D eigenvalue weighted by molar-refractivity contribution is 1.07. The van der Waals surface area contributed by atoms with Crippen molar-refractivity contribution in [2.45, 2.75) is 0 Å². The molecule has 5 nitrogen and oxygen atoms in total. The van der Waals surface area contributed by atoms with Crippen molar-refractivity contribution in [3.8, 4) is 45.5 Å². The van der Waals surface area contributed by atoms with E-state index in [0.717, 1.165) is 33.6 Å². The lowest BCUT2D eigenvalue weighted by Gasteiger charge is -2.14. The predicted molar refractivity (Wildman–Crippen MR) is 222 cm³/mol. The zero-order valence-electron chi connectivity index (χ0n) is 29.1. The van der Waals surface area contributed by atoms with Crippen LogP contribution in [-0.2, 0) is 0 Å². The molecule has 0 N–H and O–H groups in total. The van der Waals surface area contributed by atoms with Crippen molar-refractivity contribution in [2.24, 2.45) is 0 Å². The summed E-state index contributed by atoms with van der Waals surface area (Å²) >= 11 is 0. The molecular formula is C49H31N5. The maximum atomic E-state index is 4.99. The molecule has 0 saturated carbocycles. The monoisotopic (exact) mass is 689 g/mol. The Labute approximate surface area is 311 Å². The molecule has 5 heteroatoms. The van der Waals surface area contributed by atoms with Crippen LogP contribution in [0.4, 0.5) is 0 Å². The Kier molecular flexibility index (Phi) is 6.79. The fraction of sp³-hybridized carbons (Fsp3) is 0. The molecule has 54 heavy (non-hydrogen) atoms. The van der Waals surface area contributed by atoms with Crippen molar-refractivity contribution in [2.75, 3.05) is 0 Å². The second-order valence-corrected chi connectivity index (χ2v) is 13.6. The summed E-state index contributed by atoms with van der Waals surface area (Å²) in [5, 5.41) is 7.34. The Morgan fingerprint density at radius 1 is 0.296 bits per heavy atom. The smallest absolute Gasteiger partial charge is 0.164 e. The SMILES string of the molecule is c1ccc(-c2nc(-c3ccccc3)nc(-c3ccc(-n4c5ccccc5c5ccc6ccc7c8ccccc8n(-c8ccccc8)c7c6c54)cc3)n2)cc1. The average Bonchev–Trinajstić information content (AvgIpc) is 3.78. The topological polar surface area (TPSA) is 48.5 Å². The fourth-order valence-electron chi connectivity index (χ4n) is 8.12. The third-order valence-electron chi connectivity index (χ3n) is 10.5. The van der Waals surface area contributed by atoms with Gasteiger partial charge in [-0.15, -0.1) is 0 Å². The van der Waals surface area contributed by atoms with E-state index in [1.807, 2.05) is 60.7 Å². The van der Waals surface area contributed by atoms with Crippen molar-refractivity contribution in [3.05, 3.63) is 188 Å². The van der Waals surface area contributed by atoms with Crippen LogP contribution >= 0.6 is 0 Å². The van der Waals surface area contributed by atoms with Gasteiger partial charge in [0.2, 0.25) is 0 Å². The van der Waals surface area contributed by atoms with Gasteiger partial charge in [0.15, 0.2) is 17.5 Å². The Hall–Kier alpha value is -7.37. The Balaban J connectivity index is 1.17. The molecule has 3 aromatic heterocycles. The Morgan fingerprint density at radius 2 is 0.685 bits per heavy atom. The first-order chi connectivity index (χ1) is 26.8. The standard InChI is InChI=1S/C49H31N5/c1-4-14-33(15-5-1)47-50-48(34-16-6-2-7-17-34)52-49(51-47)35-24-28-37(29-25-35)54-43-23-13-11-21-39(43)41-31-27-32-26-30-40-38-20-10-12-22-42(38)53(36-18-8-3-9-19-36)45(40)44(32)46(41)54/h1-31H. The van der Waals surface area contributed by atoms with Crippen molar-refractivity contribution in [1.29, 1.82) is 0 Å². The first-order valence-electron chi connectivity index (χ1n) is 18.2. The lowest BCUT2D eigenvalue weighted by atomic mass is 10.0. The van der Waals surface area contributed by atoms with E-state index in [9.17, 15) is 0 Å². The van der Waals surface area contributed by atoms with Gasteiger partial charge < -0.3 is 9.13 Å². The maximum Gasteiger partial charge on any atom is 0.164 e. The molecule has 8 aromatic carbocycles. The zero-order chi connectivity index (χ0) is 35.6. The third-order valence-corrected chi connectivity index (χ3v) is 10.5. The Bertz CT molecular complexity index is 3120.